The number of nitrogens with one attached hydrogen (secondary N) is 2. The summed E-state index contributed by atoms with van der Waals surface area (Å²) in [5, 5.41) is 19.6. The van der Waals surface area contributed by atoms with Gasteiger partial charge in [-0.15, -0.1) is 35.3 Å². The highest BCUT2D eigenvalue weighted by molar-refractivity contribution is 14.0. The van der Waals surface area contributed by atoms with Gasteiger partial charge in [0.15, 0.2) is 5.96 Å². The zero-order valence-electron chi connectivity index (χ0n) is 16.2. The Kier molecular flexibility index (Phi) is 11.7. The largest absolute Gasteiger partial charge is 0.396 e. The second kappa shape index (κ2) is 12.9. The third-order valence-corrected chi connectivity index (χ3v) is 6.03. The molecule has 1 fully saturated rings. The van der Waals surface area contributed by atoms with Gasteiger partial charge in [-0.3, -0.25) is 4.99 Å². The van der Waals surface area contributed by atoms with Crippen LogP contribution in [0.2, 0.25) is 0 Å². The van der Waals surface area contributed by atoms with Gasteiger partial charge in [-0.25, -0.2) is 4.98 Å². The summed E-state index contributed by atoms with van der Waals surface area (Å²) in [6.07, 6.45) is 9.20. The maximum atomic E-state index is 9.45. The van der Waals surface area contributed by atoms with Gasteiger partial charge in [-0.2, -0.15) is 0 Å². The predicted molar refractivity (Wildman–Crippen MR) is 122 cm³/mol. The monoisotopic (exact) mass is 494 g/mol. The van der Waals surface area contributed by atoms with E-state index in [9.17, 15) is 5.11 Å². The van der Waals surface area contributed by atoms with E-state index in [2.05, 4.69) is 27.9 Å². The Labute approximate surface area is 179 Å². The third kappa shape index (κ3) is 8.08. The van der Waals surface area contributed by atoms with Gasteiger partial charge in [0, 0.05) is 43.7 Å². The molecule has 2 rings (SSSR count). The lowest BCUT2D eigenvalue weighted by molar-refractivity contribution is 0.137. The van der Waals surface area contributed by atoms with Crippen LogP contribution in [0.4, 0.5) is 0 Å². The third-order valence-electron chi connectivity index (χ3n) is 5.00. The molecule has 5 nitrogen and oxygen atoms in total. The minimum Gasteiger partial charge on any atom is -0.396 e. The fourth-order valence-electron chi connectivity index (χ4n) is 3.58. The molecule has 1 aliphatic carbocycles. The maximum absolute atomic E-state index is 9.45. The van der Waals surface area contributed by atoms with Gasteiger partial charge in [0.2, 0.25) is 0 Å². The second-order valence-corrected chi connectivity index (χ2v) is 8.09. The van der Waals surface area contributed by atoms with Crippen LogP contribution in [-0.4, -0.2) is 42.3 Å². The van der Waals surface area contributed by atoms with Crippen molar-refractivity contribution in [3.05, 3.63) is 16.1 Å². The zero-order chi connectivity index (χ0) is 18.0. The standard InChI is InChI=1S/C19H34N4OS.HI/c1-3-20-18(21-12-7-8-17-23-16(2)14-25-17)22-15-19(11-13-24)9-5-4-6-10-19;/h14,24H,3-13,15H2,1-2H3,(H2,20,21,22);1H. The molecule has 0 bridgehead atoms. The first-order valence-corrected chi connectivity index (χ1v) is 10.6. The first kappa shape index (κ1) is 23.6. The van der Waals surface area contributed by atoms with E-state index in [1.807, 2.05) is 6.92 Å². The van der Waals surface area contributed by atoms with E-state index in [0.717, 1.165) is 50.6 Å². The predicted octanol–water partition coefficient (Wildman–Crippen LogP) is 3.89. The Balaban J connectivity index is 0.00000338. The van der Waals surface area contributed by atoms with Crippen LogP contribution in [0.25, 0.3) is 0 Å². The Morgan fingerprint density at radius 1 is 1.31 bits per heavy atom. The summed E-state index contributed by atoms with van der Waals surface area (Å²) >= 11 is 1.74. The normalized spacial score (nSPS) is 16.8. The van der Waals surface area contributed by atoms with Gasteiger partial charge < -0.3 is 15.7 Å². The number of aliphatic hydroxyl groups excluding tert-OH is 1. The highest BCUT2D eigenvalue weighted by Gasteiger charge is 2.31. The molecule has 0 unspecified atom stereocenters. The van der Waals surface area contributed by atoms with Crippen LogP contribution in [0.3, 0.4) is 0 Å². The van der Waals surface area contributed by atoms with E-state index in [4.69, 9.17) is 4.99 Å². The Hall–Kier alpha value is -0.410. The molecule has 1 heterocycles. The van der Waals surface area contributed by atoms with Crippen LogP contribution in [0.15, 0.2) is 10.4 Å². The van der Waals surface area contributed by atoms with Crippen LogP contribution in [0.5, 0.6) is 0 Å². The minimum absolute atomic E-state index is 0. The molecule has 0 atom stereocenters. The van der Waals surface area contributed by atoms with Crippen molar-refractivity contribution >= 4 is 41.3 Å². The number of aryl methyl sites for hydroxylation is 2. The van der Waals surface area contributed by atoms with Gasteiger partial charge in [-0.1, -0.05) is 19.3 Å². The van der Waals surface area contributed by atoms with E-state index in [-0.39, 0.29) is 36.0 Å². The summed E-state index contributed by atoms with van der Waals surface area (Å²) < 4.78 is 0. The summed E-state index contributed by atoms with van der Waals surface area (Å²) in [7, 11) is 0. The van der Waals surface area contributed by atoms with E-state index in [1.165, 1.54) is 37.1 Å². The van der Waals surface area contributed by atoms with Gasteiger partial charge in [0.05, 0.1) is 5.01 Å². The van der Waals surface area contributed by atoms with Crippen molar-refractivity contribution in [2.75, 3.05) is 26.2 Å². The topological polar surface area (TPSA) is 69.5 Å². The van der Waals surface area contributed by atoms with Crippen molar-refractivity contribution in [1.82, 2.24) is 15.6 Å². The molecule has 0 spiro atoms. The second-order valence-electron chi connectivity index (χ2n) is 7.14. The van der Waals surface area contributed by atoms with Crippen LogP contribution in [-0.2, 0) is 6.42 Å². The van der Waals surface area contributed by atoms with Crippen molar-refractivity contribution in [2.45, 2.75) is 65.2 Å². The lowest BCUT2D eigenvalue weighted by atomic mass is 9.72. The highest BCUT2D eigenvalue weighted by Crippen LogP contribution is 2.39. The van der Waals surface area contributed by atoms with Crippen molar-refractivity contribution < 1.29 is 5.11 Å². The fourth-order valence-corrected chi connectivity index (χ4v) is 4.40. The fraction of sp³-hybridized carbons (Fsp3) is 0.789. The molecular formula is C19H35IN4OS. The molecule has 26 heavy (non-hydrogen) atoms. The lowest BCUT2D eigenvalue weighted by Gasteiger charge is -2.35. The number of hydrogen-bond acceptors (Lipinski definition) is 4. The molecular weight excluding hydrogens is 459 g/mol. The average molecular weight is 494 g/mol. The summed E-state index contributed by atoms with van der Waals surface area (Å²) in [4.78, 5) is 9.36. The molecule has 7 heteroatoms. The van der Waals surface area contributed by atoms with Gasteiger partial charge in [0.25, 0.3) is 0 Å². The molecule has 1 saturated carbocycles. The summed E-state index contributed by atoms with van der Waals surface area (Å²) in [6.45, 7) is 6.99. The van der Waals surface area contributed by atoms with Crippen LogP contribution < -0.4 is 10.6 Å². The van der Waals surface area contributed by atoms with E-state index in [1.54, 1.807) is 11.3 Å². The molecule has 0 amide bonds. The number of thiazole rings is 1. The number of hydrogen-bond donors (Lipinski definition) is 3. The van der Waals surface area contributed by atoms with E-state index < -0.39 is 0 Å². The molecule has 0 radical (unpaired) electrons. The van der Waals surface area contributed by atoms with Gasteiger partial charge in [0.1, 0.15) is 0 Å². The molecule has 0 aromatic carbocycles. The number of guanidine groups is 1. The van der Waals surface area contributed by atoms with Gasteiger partial charge in [-0.05, 0) is 44.9 Å². The Morgan fingerprint density at radius 2 is 2.08 bits per heavy atom. The molecule has 1 aromatic heterocycles. The quantitative estimate of drug-likeness (QED) is 0.211. The first-order valence-electron chi connectivity index (χ1n) is 9.71. The number of aromatic nitrogens is 1. The highest BCUT2D eigenvalue weighted by atomic mass is 127. The molecule has 1 aromatic rings. The van der Waals surface area contributed by atoms with E-state index >= 15 is 0 Å². The van der Waals surface area contributed by atoms with Crippen molar-refractivity contribution in [2.24, 2.45) is 10.4 Å². The first-order chi connectivity index (χ1) is 12.2. The average Bonchev–Trinajstić information content (AvgIpc) is 3.03. The summed E-state index contributed by atoms with van der Waals surface area (Å²) in [6, 6.07) is 0. The number of rotatable bonds is 9. The lowest BCUT2D eigenvalue weighted by Crippen LogP contribution is -2.39. The molecule has 0 saturated heterocycles. The molecule has 150 valence electrons. The van der Waals surface area contributed by atoms with Crippen LogP contribution >= 0.6 is 35.3 Å². The summed E-state index contributed by atoms with van der Waals surface area (Å²) in [5.41, 5.74) is 1.32. The smallest absolute Gasteiger partial charge is 0.191 e. The maximum Gasteiger partial charge on any atom is 0.191 e. The molecule has 0 aliphatic heterocycles. The SMILES string of the molecule is CCNC(=NCC1(CCO)CCCCC1)NCCCc1nc(C)cs1.I. The van der Waals surface area contributed by atoms with E-state index in [0.29, 0.717) is 0 Å². The minimum atomic E-state index is 0. The number of aliphatic imine (C=N–C) groups is 1. The molecule has 3 N–H and O–H groups in total. The Bertz CT molecular complexity index is 524. The summed E-state index contributed by atoms with van der Waals surface area (Å²) in [5.74, 6) is 0.903. The zero-order valence-corrected chi connectivity index (χ0v) is 19.4. The Morgan fingerprint density at radius 3 is 2.69 bits per heavy atom. The van der Waals surface area contributed by atoms with Crippen LogP contribution in [0.1, 0.15) is 62.6 Å². The van der Waals surface area contributed by atoms with Crippen molar-refractivity contribution in [1.29, 1.82) is 0 Å². The number of nitrogens with zero attached hydrogens (tertiary/aromatic N) is 2. The van der Waals surface area contributed by atoms with Crippen LogP contribution in [0, 0.1) is 12.3 Å². The van der Waals surface area contributed by atoms with Gasteiger partial charge >= 0.3 is 0 Å². The number of aliphatic hydroxyl groups is 1. The molecule has 1 aliphatic rings. The van der Waals surface area contributed by atoms with Crippen molar-refractivity contribution in [3.8, 4) is 0 Å². The number of halogens is 1. The van der Waals surface area contributed by atoms with Crippen molar-refractivity contribution in [3.63, 3.8) is 0 Å².